The van der Waals surface area contributed by atoms with Gasteiger partial charge in [0.2, 0.25) is 5.91 Å². The lowest BCUT2D eigenvalue weighted by Gasteiger charge is -2.18. The van der Waals surface area contributed by atoms with Crippen molar-refractivity contribution in [3.05, 3.63) is 18.6 Å². The highest BCUT2D eigenvalue weighted by atomic mass is 32.2. The zero-order valence-corrected chi connectivity index (χ0v) is 19.9. The van der Waals surface area contributed by atoms with Gasteiger partial charge in [-0.05, 0) is 24.7 Å². The first kappa shape index (κ1) is 26.2. The Morgan fingerprint density at radius 1 is 1.35 bits per heavy atom. The minimum absolute atomic E-state index is 0.156. The van der Waals surface area contributed by atoms with Gasteiger partial charge < -0.3 is 40.0 Å². The number of thioether (sulfide) groups is 1. The lowest BCUT2D eigenvalue weighted by atomic mass is 10.1. The van der Waals surface area contributed by atoms with Crippen molar-refractivity contribution < 1.29 is 34.0 Å². The molecule has 3 rings (SSSR count). The van der Waals surface area contributed by atoms with E-state index in [1.54, 1.807) is 16.8 Å². The molecule has 2 aromatic heterocycles. The number of ether oxygens (including phenoxy) is 3. The van der Waals surface area contributed by atoms with E-state index in [0.717, 1.165) is 0 Å². The number of fused-ring (bicyclic) bond motifs is 1. The second-order valence-corrected chi connectivity index (χ2v) is 9.00. The maximum atomic E-state index is 12.3. The van der Waals surface area contributed by atoms with Gasteiger partial charge in [-0.15, -0.1) is 0 Å². The molecule has 5 N–H and O–H groups in total. The van der Waals surface area contributed by atoms with Gasteiger partial charge in [0, 0.05) is 19.1 Å². The predicted octanol–water partition coefficient (Wildman–Crippen LogP) is -0.160. The van der Waals surface area contributed by atoms with Crippen molar-refractivity contribution in [2.45, 2.75) is 50.3 Å². The van der Waals surface area contributed by atoms with E-state index >= 15 is 0 Å². The van der Waals surface area contributed by atoms with E-state index in [1.165, 1.54) is 25.2 Å². The minimum Gasteiger partial charge on any atom is -0.464 e. The summed E-state index contributed by atoms with van der Waals surface area (Å²) in [7, 11) is 1.40. The van der Waals surface area contributed by atoms with E-state index in [0.29, 0.717) is 41.2 Å². The number of hydrogen-bond donors (Lipinski definition) is 4. The molecule has 0 spiro atoms. The van der Waals surface area contributed by atoms with Crippen LogP contribution in [-0.2, 0) is 23.8 Å². The van der Waals surface area contributed by atoms with E-state index in [9.17, 15) is 19.8 Å². The van der Waals surface area contributed by atoms with Gasteiger partial charge in [0.15, 0.2) is 6.23 Å². The highest BCUT2D eigenvalue weighted by Gasteiger charge is 2.44. The third-order valence-electron chi connectivity index (χ3n) is 5.33. The van der Waals surface area contributed by atoms with E-state index < -0.39 is 42.5 Å². The fraction of sp³-hybridized carbons (Fsp3) is 0.619. The first-order chi connectivity index (χ1) is 16.4. The van der Waals surface area contributed by atoms with Crippen LogP contribution < -0.4 is 11.1 Å². The van der Waals surface area contributed by atoms with Gasteiger partial charge in [-0.3, -0.25) is 4.79 Å². The fourth-order valence-electron chi connectivity index (χ4n) is 3.61. The molecule has 3 heterocycles. The zero-order valence-electron chi connectivity index (χ0n) is 19.1. The largest absolute Gasteiger partial charge is 0.464 e. The number of aromatic nitrogens is 3. The molecule has 5 atom stereocenters. The molecular formula is C21H31N5O7S. The molecular weight excluding hydrogens is 466 g/mol. The Bertz CT molecular complexity index is 974. The second kappa shape index (κ2) is 12.3. The summed E-state index contributed by atoms with van der Waals surface area (Å²) in [5.41, 5.74) is 6.37. The van der Waals surface area contributed by atoms with Gasteiger partial charge in [0.1, 0.15) is 42.6 Å². The molecule has 1 fully saturated rings. The Kier molecular flexibility index (Phi) is 9.47. The van der Waals surface area contributed by atoms with Gasteiger partial charge in [0.05, 0.1) is 18.1 Å². The Morgan fingerprint density at radius 3 is 2.88 bits per heavy atom. The predicted molar refractivity (Wildman–Crippen MR) is 125 cm³/mol. The number of carbonyl (C=O) groups is 2. The monoisotopic (exact) mass is 497 g/mol. The first-order valence-electron chi connectivity index (χ1n) is 11.0. The SMILES string of the molecule is CCCOC(=O)C(CCSC[C@H]1OC(n2ccc3c(N)ncnc32)[C@H](O)[C@@H]1O)NC(=O)COC. The molecule has 1 aliphatic rings. The molecule has 1 amide bonds. The topological polar surface area (TPSA) is 171 Å². The van der Waals surface area contributed by atoms with Crippen molar-refractivity contribution in [1.82, 2.24) is 19.9 Å². The summed E-state index contributed by atoms with van der Waals surface area (Å²) < 4.78 is 17.5. The van der Waals surface area contributed by atoms with Crippen LogP contribution in [0, 0.1) is 0 Å². The highest BCUT2D eigenvalue weighted by Crippen LogP contribution is 2.34. The Morgan fingerprint density at radius 2 is 2.15 bits per heavy atom. The number of anilines is 1. The molecule has 0 aliphatic carbocycles. The van der Waals surface area contributed by atoms with E-state index in [-0.39, 0.29) is 13.2 Å². The number of rotatable bonds is 12. The maximum absolute atomic E-state index is 12.3. The average Bonchev–Trinajstić information content (AvgIpc) is 3.36. The number of aliphatic hydroxyl groups excluding tert-OH is 2. The van der Waals surface area contributed by atoms with Crippen molar-refractivity contribution in [3.63, 3.8) is 0 Å². The van der Waals surface area contributed by atoms with Gasteiger partial charge in [0.25, 0.3) is 0 Å². The summed E-state index contributed by atoms with van der Waals surface area (Å²) in [6.45, 7) is 2.00. The molecule has 0 bridgehead atoms. The van der Waals surface area contributed by atoms with Crippen LogP contribution >= 0.6 is 11.8 Å². The van der Waals surface area contributed by atoms with E-state index in [4.69, 9.17) is 19.9 Å². The van der Waals surface area contributed by atoms with Crippen LogP contribution in [0.15, 0.2) is 18.6 Å². The van der Waals surface area contributed by atoms with Crippen LogP contribution in [-0.4, -0.2) is 92.8 Å². The van der Waals surface area contributed by atoms with Crippen LogP contribution in [0.3, 0.4) is 0 Å². The van der Waals surface area contributed by atoms with Gasteiger partial charge in [-0.1, -0.05) is 6.92 Å². The van der Waals surface area contributed by atoms with Crippen molar-refractivity contribution >= 4 is 40.5 Å². The summed E-state index contributed by atoms with van der Waals surface area (Å²) in [5.74, 6) is 0.264. The number of nitrogens with two attached hydrogens (primary N) is 1. The Hall–Kier alpha value is -2.45. The van der Waals surface area contributed by atoms with Crippen LogP contribution in [0.25, 0.3) is 11.0 Å². The number of amides is 1. The molecule has 188 valence electrons. The number of esters is 1. The first-order valence-corrected chi connectivity index (χ1v) is 12.1. The van der Waals surface area contributed by atoms with E-state index in [1.807, 2.05) is 6.92 Å². The number of nitrogens with zero attached hydrogens (tertiary/aromatic N) is 3. The quantitative estimate of drug-likeness (QED) is 0.227. The molecule has 2 unspecified atom stereocenters. The van der Waals surface area contributed by atoms with Gasteiger partial charge in [-0.2, -0.15) is 11.8 Å². The lowest BCUT2D eigenvalue weighted by molar-refractivity contribution is -0.148. The van der Waals surface area contributed by atoms with Crippen LogP contribution in [0.1, 0.15) is 26.0 Å². The number of carbonyl (C=O) groups excluding carboxylic acids is 2. The molecule has 12 nitrogen and oxygen atoms in total. The zero-order chi connectivity index (χ0) is 24.7. The summed E-state index contributed by atoms with van der Waals surface area (Å²) in [4.78, 5) is 32.3. The van der Waals surface area contributed by atoms with Crippen molar-refractivity contribution in [2.75, 3.05) is 37.6 Å². The second-order valence-electron chi connectivity index (χ2n) is 7.85. The fourth-order valence-corrected chi connectivity index (χ4v) is 4.69. The third kappa shape index (κ3) is 6.16. The Labute approximate surface area is 201 Å². The molecule has 2 aromatic rings. The number of nitrogens with one attached hydrogen (secondary N) is 1. The van der Waals surface area contributed by atoms with Crippen LogP contribution in [0.5, 0.6) is 0 Å². The normalized spacial score (nSPS) is 23.2. The van der Waals surface area contributed by atoms with Gasteiger partial charge >= 0.3 is 5.97 Å². The molecule has 0 radical (unpaired) electrons. The summed E-state index contributed by atoms with van der Waals surface area (Å²) in [6.07, 6.45) is 0.259. The molecule has 0 saturated carbocycles. The standard InChI is InChI=1S/C21H31N5O7S/c1-3-7-32-21(30)13(25-15(27)9-31-2)5-8-34-10-14-16(28)17(29)20(33-14)26-6-4-12-18(22)23-11-24-19(12)26/h4,6,11,13-14,16-17,20,28-29H,3,5,7-10H2,1-2H3,(H,25,27)(H2,22,23,24)/t13?,14-,16-,17-,20?/m1/s1. The third-order valence-corrected chi connectivity index (χ3v) is 6.42. The molecule has 0 aromatic carbocycles. The van der Waals surface area contributed by atoms with Crippen molar-refractivity contribution in [2.24, 2.45) is 0 Å². The van der Waals surface area contributed by atoms with Crippen LogP contribution in [0.4, 0.5) is 5.82 Å². The molecule has 1 aliphatic heterocycles. The molecule has 13 heteroatoms. The van der Waals surface area contributed by atoms with Crippen molar-refractivity contribution in [1.29, 1.82) is 0 Å². The van der Waals surface area contributed by atoms with Gasteiger partial charge in [-0.25, -0.2) is 14.8 Å². The Balaban J connectivity index is 1.55. The molecule has 34 heavy (non-hydrogen) atoms. The minimum atomic E-state index is -1.16. The maximum Gasteiger partial charge on any atom is 0.328 e. The summed E-state index contributed by atoms with van der Waals surface area (Å²) in [5, 5.41) is 24.3. The van der Waals surface area contributed by atoms with Crippen LogP contribution in [0.2, 0.25) is 0 Å². The number of nitrogen functional groups attached to an aromatic ring is 1. The number of hydrogen-bond acceptors (Lipinski definition) is 11. The highest BCUT2D eigenvalue weighted by molar-refractivity contribution is 7.99. The summed E-state index contributed by atoms with van der Waals surface area (Å²) in [6, 6.07) is 0.927. The lowest BCUT2D eigenvalue weighted by Crippen LogP contribution is -2.43. The summed E-state index contributed by atoms with van der Waals surface area (Å²) >= 11 is 1.43. The van der Waals surface area contributed by atoms with Crippen molar-refractivity contribution in [3.8, 4) is 0 Å². The molecule has 1 saturated heterocycles. The number of aliphatic hydroxyl groups is 2. The van der Waals surface area contributed by atoms with E-state index in [2.05, 4.69) is 15.3 Å². The smallest absolute Gasteiger partial charge is 0.328 e. The number of methoxy groups -OCH3 is 1. The average molecular weight is 498 g/mol.